The van der Waals surface area contributed by atoms with E-state index in [-0.39, 0.29) is 11.7 Å². The largest absolute Gasteiger partial charge is 0.480 e. The van der Waals surface area contributed by atoms with Crippen molar-refractivity contribution in [2.75, 3.05) is 24.4 Å². The molecule has 300 valence electrons. The van der Waals surface area contributed by atoms with Gasteiger partial charge in [0.05, 0.1) is 6.61 Å². The molecule has 7 atom stereocenters. The average Bonchev–Trinajstić information content (AvgIpc) is 3.02. The fraction of sp³-hybridized carbons (Fsp3) is 0.793. The first kappa shape index (κ1) is 59.4. The standard InChI is InChI=1S/3C6H13NO2.C5H11NO2S.C3H7NO3.C3H7NO2S/c2*1-4(2)3-5(7)6(8)9;1-3-4(2)5(7)6(8)9;1-9-3-2-4(6)5(7)8;4-2(1-5)3(6)7;4-2(1-7)3(5)6/h3*4-5H,3,7H2,1-2H3,(H,8,9);4H,2-3,6H2,1H3,(H,7,8);2,5H,1,4H2,(H,6,7);2,7H,1,4H2,(H,5,6). The van der Waals surface area contributed by atoms with Crippen molar-refractivity contribution in [2.24, 2.45) is 52.2 Å². The minimum absolute atomic E-state index is 0.0718. The van der Waals surface area contributed by atoms with Crippen molar-refractivity contribution in [3.63, 3.8) is 0 Å². The van der Waals surface area contributed by atoms with Crippen LogP contribution in [0.2, 0.25) is 0 Å². The Bertz CT molecular complexity index is 875. The molecule has 0 spiro atoms. The van der Waals surface area contributed by atoms with Gasteiger partial charge < -0.3 is 70.1 Å². The first-order valence-electron chi connectivity index (χ1n) is 15.3. The van der Waals surface area contributed by atoms with Gasteiger partial charge in [-0.3, -0.25) is 28.8 Å². The highest BCUT2D eigenvalue weighted by Gasteiger charge is 2.17. The average molecular weight is 769 g/mol. The Kier molecular flexibility index (Phi) is 44.5. The summed E-state index contributed by atoms with van der Waals surface area (Å²) in [6.07, 6.45) is 4.39. The van der Waals surface area contributed by atoms with E-state index in [1.54, 1.807) is 11.8 Å². The van der Waals surface area contributed by atoms with Crippen LogP contribution in [0.1, 0.15) is 67.2 Å². The van der Waals surface area contributed by atoms with Gasteiger partial charge in [-0.1, -0.05) is 48.0 Å². The third-order valence-electron chi connectivity index (χ3n) is 5.61. The van der Waals surface area contributed by atoms with Gasteiger partial charge in [-0.25, -0.2) is 0 Å². The molecule has 0 fully saturated rings. The van der Waals surface area contributed by atoms with Crippen molar-refractivity contribution in [2.45, 2.75) is 103 Å². The highest BCUT2D eigenvalue weighted by molar-refractivity contribution is 7.98. The number of carboxylic acid groups (broad SMARTS) is 6. The van der Waals surface area contributed by atoms with Crippen molar-refractivity contribution in [3.05, 3.63) is 0 Å². The maximum Gasteiger partial charge on any atom is 0.322 e. The molecule has 50 heavy (non-hydrogen) atoms. The van der Waals surface area contributed by atoms with E-state index in [4.69, 9.17) is 70.1 Å². The number of aliphatic hydroxyl groups excluding tert-OH is 1. The predicted octanol–water partition coefficient (Wildman–Crippen LogP) is -0.797. The van der Waals surface area contributed by atoms with Crippen LogP contribution in [0.3, 0.4) is 0 Å². The summed E-state index contributed by atoms with van der Waals surface area (Å²) >= 11 is 5.25. The normalized spacial score (nSPS) is 14.1. The molecule has 19 N–H and O–H groups in total. The van der Waals surface area contributed by atoms with E-state index in [1.165, 1.54) is 0 Å². The maximum atomic E-state index is 10.2. The molecule has 0 heterocycles. The number of hydrogen-bond acceptors (Lipinski definition) is 15. The van der Waals surface area contributed by atoms with Gasteiger partial charge in [0.1, 0.15) is 36.3 Å². The van der Waals surface area contributed by atoms with E-state index in [1.807, 2.05) is 47.8 Å². The Morgan fingerprint density at radius 2 is 0.900 bits per heavy atom. The lowest BCUT2D eigenvalue weighted by molar-refractivity contribution is -0.140. The second-order valence-corrected chi connectivity index (χ2v) is 12.7. The molecule has 19 nitrogen and oxygen atoms in total. The first-order valence-corrected chi connectivity index (χ1v) is 17.3. The van der Waals surface area contributed by atoms with Gasteiger partial charge in [-0.15, -0.1) is 0 Å². The second kappa shape index (κ2) is 37.5. The number of nitrogens with two attached hydrogens (primary N) is 6. The number of hydrogen-bond donors (Lipinski definition) is 14. The van der Waals surface area contributed by atoms with Gasteiger partial charge >= 0.3 is 35.8 Å². The molecular formula is C29H64N6O13S2. The number of rotatable bonds is 17. The molecule has 0 saturated carbocycles. The Hall–Kier alpha value is -2.76. The fourth-order valence-corrected chi connectivity index (χ4v) is 2.88. The van der Waals surface area contributed by atoms with Crippen LogP contribution < -0.4 is 34.4 Å². The third-order valence-corrected chi connectivity index (χ3v) is 6.64. The number of aliphatic hydroxyl groups is 1. The predicted molar refractivity (Wildman–Crippen MR) is 196 cm³/mol. The van der Waals surface area contributed by atoms with E-state index in [0.717, 1.165) is 12.2 Å². The summed E-state index contributed by atoms with van der Waals surface area (Å²) in [6, 6.07) is -4.70. The molecule has 7 unspecified atom stereocenters. The van der Waals surface area contributed by atoms with Crippen LogP contribution in [-0.2, 0) is 28.8 Å². The lowest BCUT2D eigenvalue weighted by Crippen LogP contribution is -2.36. The van der Waals surface area contributed by atoms with E-state index in [2.05, 4.69) is 12.6 Å². The van der Waals surface area contributed by atoms with Crippen LogP contribution in [0.4, 0.5) is 0 Å². The molecule has 0 aromatic carbocycles. The quantitative estimate of drug-likeness (QED) is 0.0805. The van der Waals surface area contributed by atoms with Gasteiger partial charge in [0.15, 0.2) is 0 Å². The lowest BCUT2D eigenvalue weighted by atomic mass is 10.0. The summed E-state index contributed by atoms with van der Waals surface area (Å²) in [6.45, 7) is 11.0. The Labute approximate surface area is 304 Å². The van der Waals surface area contributed by atoms with E-state index < -0.39 is 78.7 Å². The zero-order valence-corrected chi connectivity index (χ0v) is 31.8. The SMILES string of the molecule is CC(C)CC(N)C(=O)O.CC(C)CC(N)C(=O)O.CCC(C)C(N)C(=O)O.CSCCC(N)C(=O)O.NC(CO)C(=O)O.NC(CS)C(=O)O. The van der Waals surface area contributed by atoms with Crippen LogP contribution in [0.25, 0.3) is 0 Å². The molecular weight excluding hydrogens is 704 g/mol. The first-order chi connectivity index (χ1) is 22.7. The molecule has 0 bridgehead atoms. The van der Waals surface area contributed by atoms with Crippen molar-refractivity contribution >= 4 is 60.2 Å². The van der Waals surface area contributed by atoms with Crippen molar-refractivity contribution in [1.82, 2.24) is 0 Å². The van der Waals surface area contributed by atoms with Gasteiger partial charge in [0, 0.05) is 5.75 Å². The number of carboxylic acids is 6. The van der Waals surface area contributed by atoms with E-state index in [0.29, 0.717) is 31.1 Å². The lowest BCUT2D eigenvalue weighted by Gasteiger charge is -2.11. The Morgan fingerprint density at radius 3 is 1.00 bits per heavy atom. The summed E-state index contributed by atoms with van der Waals surface area (Å²) in [5, 5.41) is 57.1. The van der Waals surface area contributed by atoms with Gasteiger partial charge in [0.25, 0.3) is 0 Å². The molecule has 0 aliphatic rings. The smallest absolute Gasteiger partial charge is 0.322 e. The maximum absolute atomic E-state index is 10.2. The zero-order valence-electron chi connectivity index (χ0n) is 30.0. The second-order valence-electron chi connectivity index (χ2n) is 11.4. The van der Waals surface area contributed by atoms with Gasteiger partial charge in [-0.2, -0.15) is 24.4 Å². The van der Waals surface area contributed by atoms with Crippen molar-refractivity contribution in [1.29, 1.82) is 0 Å². The monoisotopic (exact) mass is 768 g/mol. The summed E-state index contributed by atoms with van der Waals surface area (Å²) < 4.78 is 0. The van der Waals surface area contributed by atoms with Crippen LogP contribution in [0, 0.1) is 17.8 Å². The van der Waals surface area contributed by atoms with Gasteiger partial charge in [-0.05, 0) is 49.0 Å². The fourth-order valence-electron chi connectivity index (χ4n) is 2.24. The summed E-state index contributed by atoms with van der Waals surface area (Å²) in [5.74, 6) is -4.05. The van der Waals surface area contributed by atoms with E-state index >= 15 is 0 Å². The van der Waals surface area contributed by atoms with Crippen LogP contribution >= 0.6 is 24.4 Å². The van der Waals surface area contributed by atoms with Crippen LogP contribution in [-0.4, -0.2) is 132 Å². The zero-order chi connectivity index (χ0) is 41.3. The summed E-state index contributed by atoms with van der Waals surface area (Å²) in [5.41, 5.74) is 30.6. The molecule has 0 rings (SSSR count). The van der Waals surface area contributed by atoms with Crippen LogP contribution in [0.5, 0.6) is 0 Å². The van der Waals surface area contributed by atoms with Crippen molar-refractivity contribution < 1.29 is 64.5 Å². The van der Waals surface area contributed by atoms with Crippen molar-refractivity contribution in [3.8, 4) is 0 Å². The molecule has 0 aromatic heterocycles. The molecule has 0 radical (unpaired) electrons. The molecule has 0 aliphatic carbocycles. The minimum Gasteiger partial charge on any atom is -0.480 e. The van der Waals surface area contributed by atoms with Gasteiger partial charge in [0.2, 0.25) is 0 Å². The highest BCUT2D eigenvalue weighted by Crippen LogP contribution is 2.04. The molecule has 0 aromatic rings. The highest BCUT2D eigenvalue weighted by atomic mass is 32.2. The number of carbonyl (C=O) groups is 6. The Balaban J connectivity index is -0.000000117. The molecule has 0 saturated heterocycles. The number of thiol groups is 1. The van der Waals surface area contributed by atoms with E-state index in [9.17, 15) is 28.8 Å². The van der Waals surface area contributed by atoms with Crippen LogP contribution in [0.15, 0.2) is 0 Å². The molecule has 0 aliphatic heterocycles. The summed E-state index contributed by atoms with van der Waals surface area (Å²) in [7, 11) is 0. The topological polar surface area (TPSA) is 400 Å². The number of aliphatic carboxylic acids is 6. The summed E-state index contributed by atoms with van der Waals surface area (Å²) in [4.78, 5) is 59.9. The molecule has 21 heteroatoms. The minimum atomic E-state index is -1.18. The Morgan fingerprint density at radius 1 is 0.580 bits per heavy atom. The molecule has 0 amide bonds. The number of thioether (sulfide) groups is 1. The third kappa shape index (κ3) is 47.4.